The maximum atomic E-state index is 11.0. The van der Waals surface area contributed by atoms with Gasteiger partial charge in [0.2, 0.25) is 0 Å². The molecule has 0 spiro atoms. The van der Waals surface area contributed by atoms with Gasteiger partial charge in [0.1, 0.15) is 0 Å². The molecule has 1 N–H and O–H groups in total. The van der Waals surface area contributed by atoms with E-state index in [0.29, 0.717) is 37.8 Å². The van der Waals surface area contributed by atoms with Crippen molar-refractivity contribution in [2.75, 3.05) is 40.9 Å². The monoisotopic (exact) mass is 440 g/mol. The van der Waals surface area contributed by atoms with E-state index in [4.69, 9.17) is 19.3 Å². The first-order chi connectivity index (χ1) is 14.6. The number of amides is 2. The standard InChI is InChI=1S/C15H26O2.C8H14N2O4/c1-11(2)9-10-14-15(3,17-14)12-7-5-6-8-13(12)16-4;1-9(2)8(13)14-5-6-3-10(4-6)7(11)12/h9,12-14H,5-8,10H2,1-4H3;6H,3-5H2,1-2H3,(H,11,12). The number of carboxylic acid groups (broad SMARTS) is 1. The number of ether oxygens (including phenoxy) is 3. The van der Waals surface area contributed by atoms with Gasteiger partial charge in [0.05, 0.1) is 24.4 Å². The van der Waals surface area contributed by atoms with Gasteiger partial charge >= 0.3 is 12.2 Å². The molecule has 1 aliphatic carbocycles. The van der Waals surface area contributed by atoms with Gasteiger partial charge in [0, 0.05) is 46.1 Å². The van der Waals surface area contributed by atoms with Crippen LogP contribution < -0.4 is 0 Å². The number of rotatable bonds is 6. The van der Waals surface area contributed by atoms with Crippen LogP contribution in [0.25, 0.3) is 0 Å². The first-order valence-corrected chi connectivity index (χ1v) is 11.2. The Hall–Kier alpha value is -1.80. The summed E-state index contributed by atoms with van der Waals surface area (Å²) in [7, 11) is 5.05. The van der Waals surface area contributed by atoms with Gasteiger partial charge in [-0.15, -0.1) is 0 Å². The normalized spacial score (nSPS) is 29.7. The number of hydrogen-bond donors (Lipinski definition) is 1. The zero-order valence-corrected chi connectivity index (χ0v) is 19.9. The molecule has 178 valence electrons. The molecule has 2 saturated heterocycles. The van der Waals surface area contributed by atoms with Crippen molar-refractivity contribution in [3.05, 3.63) is 11.6 Å². The average Bonchev–Trinajstić information content (AvgIpc) is 3.36. The Labute approximate surface area is 186 Å². The summed E-state index contributed by atoms with van der Waals surface area (Å²) in [5, 5.41) is 8.53. The Kier molecular flexibility index (Phi) is 9.18. The van der Waals surface area contributed by atoms with Gasteiger partial charge in [0.25, 0.3) is 0 Å². The molecule has 2 amide bonds. The highest BCUT2D eigenvalue weighted by atomic mass is 16.6. The predicted octanol–water partition coefficient (Wildman–Crippen LogP) is 4.00. The maximum absolute atomic E-state index is 11.0. The minimum atomic E-state index is -0.916. The number of nitrogens with zero attached hydrogens (tertiary/aromatic N) is 2. The minimum absolute atomic E-state index is 0.0764. The molecule has 3 rings (SSSR count). The number of methoxy groups -OCH3 is 1. The summed E-state index contributed by atoms with van der Waals surface area (Å²) in [5.74, 6) is 0.742. The molecule has 4 atom stereocenters. The molecule has 0 aromatic rings. The van der Waals surface area contributed by atoms with Gasteiger partial charge in [-0.2, -0.15) is 0 Å². The van der Waals surface area contributed by atoms with Crippen LogP contribution in [-0.2, 0) is 14.2 Å². The van der Waals surface area contributed by atoms with E-state index in [1.54, 1.807) is 14.1 Å². The Bertz CT molecular complexity index is 642. The highest BCUT2D eigenvalue weighted by Gasteiger charge is 2.58. The summed E-state index contributed by atoms with van der Waals surface area (Å²) in [4.78, 5) is 24.0. The lowest BCUT2D eigenvalue weighted by Gasteiger charge is -2.36. The van der Waals surface area contributed by atoms with Crippen LogP contribution in [0.2, 0.25) is 0 Å². The van der Waals surface area contributed by atoms with Crippen LogP contribution in [0.4, 0.5) is 9.59 Å². The largest absolute Gasteiger partial charge is 0.465 e. The van der Waals surface area contributed by atoms with Gasteiger partial charge in [-0.05, 0) is 40.0 Å². The fraction of sp³-hybridized carbons (Fsp3) is 0.826. The number of likely N-dealkylation sites (tertiary alicyclic amines) is 1. The van der Waals surface area contributed by atoms with Crippen LogP contribution in [0.1, 0.15) is 52.9 Å². The molecule has 0 aromatic heterocycles. The number of allylic oxidation sites excluding steroid dienone is 1. The third kappa shape index (κ3) is 7.10. The van der Waals surface area contributed by atoms with Crippen molar-refractivity contribution in [3.8, 4) is 0 Å². The summed E-state index contributed by atoms with van der Waals surface area (Å²) >= 11 is 0. The second-order valence-corrected chi connectivity index (χ2v) is 9.50. The lowest BCUT2D eigenvalue weighted by atomic mass is 9.76. The Morgan fingerprint density at radius 1 is 1.23 bits per heavy atom. The number of carbonyl (C=O) groups excluding carboxylic acids is 1. The lowest BCUT2D eigenvalue weighted by Crippen LogP contribution is -2.51. The molecule has 2 heterocycles. The molecule has 4 unspecified atom stereocenters. The molecule has 31 heavy (non-hydrogen) atoms. The molecule has 1 saturated carbocycles. The summed E-state index contributed by atoms with van der Waals surface area (Å²) in [5.41, 5.74) is 1.46. The van der Waals surface area contributed by atoms with Crippen LogP contribution >= 0.6 is 0 Å². The molecule has 2 aliphatic heterocycles. The van der Waals surface area contributed by atoms with E-state index in [0.717, 1.165) is 6.42 Å². The van der Waals surface area contributed by atoms with Gasteiger partial charge < -0.3 is 29.1 Å². The first-order valence-electron chi connectivity index (χ1n) is 11.2. The van der Waals surface area contributed by atoms with Crippen LogP contribution in [0.5, 0.6) is 0 Å². The summed E-state index contributed by atoms with van der Waals surface area (Å²) in [6.07, 6.45) is 7.98. The second kappa shape index (κ2) is 11.2. The minimum Gasteiger partial charge on any atom is -0.465 e. The van der Waals surface area contributed by atoms with Crippen LogP contribution in [0, 0.1) is 11.8 Å². The lowest BCUT2D eigenvalue weighted by molar-refractivity contribution is -0.00778. The van der Waals surface area contributed by atoms with Gasteiger partial charge in [-0.3, -0.25) is 0 Å². The van der Waals surface area contributed by atoms with E-state index in [1.165, 1.54) is 41.1 Å². The quantitative estimate of drug-likeness (QED) is 0.496. The second-order valence-electron chi connectivity index (χ2n) is 9.50. The van der Waals surface area contributed by atoms with Crippen LogP contribution in [-0.4, -0.2) is 85.8 Å². The highest BCUT2D eigenvalue weighted by molar-refractivity contribution is 5.67. The van der Waals surface area contributed by atoms with E-state index in [-0.39, 0.29) is 11.5 Å². The number of carbonyl (C=O) groups is 2. The van der Waals surface area contributed by atoms with Gasteiger partial charge in [-0.25, -0.2) is 9.59 Å². The molecular formula is C23H40N2O6. The summed E-state index contributed by atoms with van der Waals surface area (Å²) < 4.78 is 16.6. The van der Waals surface area contributed by atoms with Crippen LogP contribution in [0.15, 0.2) is 11.6 Å². The van der Waals surface area contributed by atoms with E-state index in [1.807, 2.05) is 7.11 Å². The van der Waals surface area contributed by atoms with Crippen molar-refractivity contribution >= 4 is 12.2 Å². The summed E-state index contributed by atoms with van der Waals surface area (Å²) in [6.45, 7) is 7.78. The number of epoxide rings is 1. The topological polar surface area (TPSA) is 91.8 Å². The predicted molar refractivity (Wildman–Crippen MR) is 118 cm³/mol. The van der Waals surface area contributed by atoms with Crippen molar-refractivity contribution in [3.63, 3.8) is 0 Å². The fourth-order valence-corrected chi connectivity index (χ4v) is 4.41. The van der Waals surface area contributed by atoms with E-state index < -0.39 is 12.2 Å². The van der Waals surface area contributed by atoms with Gasteiger partial charge in [-0.1, -0.05) is 24.5 Å². The first kappa shape index (κ1) is 25.5. The molecule has 8 heteroatoms. The van der Waals surface area contributed by atoms with E-state index in [2.05, 4.69) is 26.8 Å². The average molecular weight is 441 g/mol. The molecule has 0 aromatic carbocycles. The van der Waals surface area contributed by atoms with Crippen molar-refractivity contribution in [1.29, 1.82) is 0 Å². The van der Waals surface area contributed by atoms with Crippen molar-refractivity contribution < 1.29 is 28.9 Å². The maximum Gasteiger partial charge on any atom is 0.409 e. The SMILES string of the molecule is CN(C)C(=O)OCC1CN(C(=O)O)C1.COC1CCCCC1C1(C)OC1CC=C(C)C. The molecule has 8 nitrogen and oxygen atoms in total. The Morgan fingerprint density at radius 3 is 2.42 bits per heavy atom. The third-order valence-corrected chi connectivity index (χ3v) is 6.50. The van der Waals surface area contributed by atoms with E-state index >= 15 is 0 Å². The van der Waals surface area contributed by atoms with Gasteiger partial charge in [0.15, 0.2) is 0 Å². The Balaban J connectivity index is 0.000000225. The van der Waals surface area contributed by atoms with Crippen molar-refractivity contribution in [2.24, 2.45) is 11.8 Å². The molecule has 3 aliphatic rings. The van der Waals surface area contributed by atoms with E-state index in [9.17, 15) is 9.59 Å². The molecular weight excluding hydrogens is 400 g/mol. The zero-order chi connectivity index (χ0) is 23.2. The smallest absolute Gasteiger partial charge is 0.409 e. The number of hydrogen-bond acceptors (Lipinski definition) is 5. The third-order valence-electron chi connectivity index (χ3n) is 6.50. The highest BCUT2D eigenvalue weighted by Crippen LogP contribution is 2.50. The molecule has 0 bridgehead atoms. The van der Waals surface area contributed by atoms with Crippen molar-refractivity contribution in [2.45, 2.75) is 70.7 Å². The fourth-order valence-electron chi connectivity index (χ4n) is 4.41. The molecule has 0 radical (unpaired) electrons. The molecule has 3 fully saturated rings. The van der Waals surface area contributed by atoms with Crippen molar-refractivity contribution in [1.82, 2.24) is 9.80 Å². The Morgan fingerprint density at radius 2 is 1.87 bits per heavy atom. The van der Waals surface area contributed by atoms with Crippen LogP contribution in [0.3, 0.4) is 0 Å². The zero-order valence-electron chi connectivity index (χ0n) is 19.9. The summed E-state index contributed by atoms with van der Waals surface area (Å²) in [6, 6.07) is 0.